The maximum Gasteiger partial charge on any atom is 0.126 e. The molecule has 126 valence electrons. The molecule has 1 unspecified atom stereocenters. The molecule has 0 spiro atoms. The Kier molecular flexibility index (Phi) is 5.16. The molecule has 1 N–H and O–H groups in total. The number of ether oxygens (including phenoxy) is 1. The van der Waals surface area contributed by atoms with Crippen molar-refractivity contribution in [2.45, 2.75) is 39.9 Å². The number of aryl methyl sites for hydroxylation is 1. The fourth-order valence-corrected chi connectivity index (χ4v) is 2.99. The van der Waals surface area contributed by atoms with Crippen molar-refractivity contribution in [1.82, 2.24) is 14.9 Å². The smallest absolute Gasteiger partial charge is 0.126 e. The van der Waals surface area contributed by atoms with Crippen LogP contribution in [-0.4, -0.2) is 16.2 Å². The van der Waals surface area contributed by atoms with E-state index in [1.54, 1.807) is 0 Å². The van der Waals surface area contributed by atoms with Gasteiger partial charge in [0.1, 0.15) is 11.6 Å². The molecule has 0 aliphatic heterocycles. The van der Waals surface area contributed by atoms with Crippen molar-refractivity contribution in [2.75, 3.05) is 6.61 Å². The summed E-state index contributed by atoms with van der Waals surface area (Å²) in [5, 5.41) is 3.58. The molecule has 0 bridgehead atoms. The van der Waals surface area contributed by atoms with Crippen molar-refractivity contribution in [2.24, 2.45) is 0 Å². The van der Waals surface area contributed by atoms with E-state index in [0.717, 1.165) is 30.2 Å². The number of nitrogens with one attached hydrogen (secondary N) is 1. The number of benzene rings is 2. The second-order valence-corrected chi connectivity index (χ2v) is 5.88. The first-order valence-electron chi connectivity index (χ1n) is 8.63. The molecular weight excluding hydrogens is 298 g/mol. The van der Waals surface area contributed by atoms with E-state index in [0.29, 0.717) is 6.61 Å². The number of fused-ring (bicyclic) bond motifs is 1. The minimum absolute atomic E-state index is 0.184. The molecule has 1 atom stereocenters. The molecule has 0 saturated carbocycles. The molecule has 0 aliphatic rings. The predicted molar refractivity (Wildman–Crippen MR) is 98.3 cm³/mol. The molecule has 4 nitrogen and oxygen atoms in total. The van der Waals surface area contributed by atoms with Gasteiger partial charge in [0, 0.05) is 13.1 Å². The summed E-state index contributed by atoms with van der Waals surface area (Å²) >= 11 is 0. The Balaban J connectivity index is 1.71. The zero-order valence-electron chi connectivity index (χ0n) is 14.6. The van der Waals surface area contributed by atoms with Gasteiger partial charge in [-0.25, -0.2) is 4.98 Å². The molecule has 0 aliphatic carbocycles. The standard InChI is InChI=1S/C20H25N3O/c1-4-23-19-9-7-6-8-18(19)22-20(23)15(3)21-14-16-10-12-17(13-11-16)24-5-2/h6-13,15,21H,4-5,14H2,1-3H3. The van der Waals surface area contributed by atoms with Crippen molar-refractivity contribution in [1.29, 1.82) is 0 Å². The lowest BCUT2D eigenvalue weighted by Crippen LogP contribution is -2.21. The van der Waals surface area contributed by atoms with E-state index in [1.165, 1.54) is 11.1 Å². The summed E-state index contributed by atoms with van der Waals surface area (Å²) in [5.41, 5.74) is 3.50. The van der Waals surface area contributed by atoms with Crippen LogP contribution < -0.4 is 10.1 Å². The summed E-state index contributed by atoms with van der Waals surface area (Å²) in [6, 6.07) is 16.7. The van der Waals surface area contributed by atoms with Crippen molar-refractivity contribution in [3.63, 3.8) is 0 Å². The van der Waals surface area contributed by atoms with Crippen LogP contribution in [0.4, 0.5) is 0 Å². The largest absolute Gasteiger partial charge is 0.494 e. The summed E-state index contributed by atoms with van der Waals surface area (Å²) in [6.07, 6.45) is 0. The molecular formula is C20H25N3O. The van der Waals surface area contributed by atoms with Gasteiger partial charge in [-0.3, -0.25) is 0 Å². The van der Waals surface area contributed by atoms with Gasteiger partial charge < -0.3 is 14.6 Å². The maximum atomic E-state index is 5.49. The van der Waals surface area contributed by atoms with Crippen LogP contribution in [0.15, 0.2) is 48.5 Å². The summed E-state index contributed by atoms with van der Waals surface area (Å²) in [5.74, 6) is 2.01. The maximum absolute atomic E-state index is 5.49. The first-order chi connectivity index (χ1) is 11.7. The van der Waals surface area contributed by atoms with Crippen molar-refractivity contribution in [3.05, 3.63) is 59.9 Å². The zero-order chi connectivity index (χ0) is 16.9. The first-order valence-corrected chi connectivity index (χ1v) is 8.63. The quantitative estimate of drug-likeness (QED) is 0.704. The van der Waals surface area contributed by atoms with Crippen LogP contribution in [0.2, 0.25) is 0 Å². The number of nitrogens with zero attached hydrogens (tertiary/aromatic N) is 2. The van der Waals surface area contributed by atoms with Crippen LogP contribution in [-0.2, 0) is 13.1 Å². The molecule has 0 amide bonds. The average Bonchev–Trinajstić information content (AvgIpc) is 3.00. The van der Waals surface area contributed by atoms with E-state index in [1.807, 2.05) is 25.1 Å². The summed E-state index contributed by atoms with van der Waals surface area (Å²) in [6.45, 7) is 8.75. The molecule has 0 saturated heterocycles. The number of hydrogen-bond acceptors (Lipinski definition) is 3. The molecule has 2 aromatic carbocycles. The monoisotopic (exact) mass is 323 g/mol. The number of rotatable bonds is 7. The molecule has 3 rings (SSSR count). The molecule has 0 radical (unpaired) electrons. The number of aromatic nitrogens is 2. The number of imidazole rings is 1. The highest BCUT2D eigenvalue weighted by Crippen LogP contribution is 2.21. The molecule has 4 heteroatoms. The third kappa shape index (κ3) is 3.44. The van der Waals surface area contributed by atoms with E-state index < -0.39 is 0 Å². The second-order valence-electron chi connectivity index (χ2n) is 5.88. The average molecular weight is 323 g/mol. The van der Waals surface area contributed by atoms with Crippen molar-refractivity contribution >= 4 is 11.0 Å². The minimum Gasteiger partial charge on any atom is -0.494 e. The van der Waals surface area contributed by atoms with Crippen LogP contribution in [0.3, 0.4) is 0 Å². The molecule has 3 aromatic rings. The first kappa shape index (κ1) is 16.5. The van der Waals surface area contributed by atoms with Gasteiger partial charge >= 0.3 is 0 Å². The van der Waals surface area contributed by atoms with Gasteiger partial charge in [0.25, 0.3) is 0 Å². The lowest BCUT2D eigenvalue weighted by Gasteiger charge is -2.15. The molecule has 24 heavy (non-hydrogen) atoms. The Morgan fingerprint density at radius 3 is 2.54 bits per heavy atom. The lowest BCUT2D eigenvalue weighted by atomic mass is 10.2. The lowest BCUT2D eigenvalue weighted by molar-refractivity contribution is 0.340. The van der Waals surface area contributed by atoms with Gasteiger partial charge in [-0.2, -0.15) is 0 Å². The van der Waals surface area contributed by atoms with E-state index in [2.05, 4.69) is 54.1 Å². The second kappa shape index (κ2) is 7.49. The zero-order valence-corrected chi connectivity index (χ0v) is 14.6. The van der Waals surface area contributed by atoms with Gasteiger partial charge in [-0.15, -0.1) is 0 Å². The number of hydrogen-bond donors (Lipinski definition) is 1. The third-order valence-electron chi connectivity index (χ3n) is 4.23. The van der Waals surface area contributed by atoms with Gasteiger partial charge in [-0.1, -0.05) is 24.3 Å². The van der Waals surface area contributed by atoms with E-state index in [4.69, 9.17) is 9.72 Å². The normalized spacial score (nSPS) is 12.5. The summed E-state index contributed by atoms with van der Waals surface area (Å²) < 4.78 is 7.77. The van der Waals surface area contributed by atoms with Gasteiger partial charge in [0.15, 0.2) is 0 Å². The Morgan fingerprint density at radius 1 is 1.08 bits per heavy atom. The number of para-hydroxylation sites is 2. The molecule has 1 aromatic heterocycles. The Labute approximate surface area is 143 Å². The molecule has 1 heterocycles. The highest BCUT2D eigenvalue weighted by molar-refractivity contribution is 5.76. The minimum atomic E-state index is 0.184. The Bertz CT molecular complexity index is 792. The van der Waals surface area contributed by atoms with Crippen LogP contribution in [0.5, 0.6) is 5.75 Å². The van der Waals surface area contributed by atoms with Crippen molar-refractivity contribution < 1.29 is 4.74 Å². The van der Waals surface area contributed by atoms with Gasteiger partial charge in [-0.05, 0) is 50.6 Å². The topological polar surface area (TPSA) is 39.1 Å². The fourth-order valence-electron chi connectivity index (χ4n) is 2.99. The van der Waals surface area contributed by atoms with Crippen LogP contribution >= 0.6 is 0 Å². The van der Waals surface area contributed by atoms with Crippen LogP contribution in [0.1, 0.15) is 38.2 Å². The predicted octanol–water partition coefficient (Wildman–Crippen LogP) is 4.31. The van der Waals surface area contributed by atoms with Crippen molar-refractivity contribution in [3.8, 4) is 5.75 Å². The highest BCUT2D eigenvalue weighted by atomic mass is 16.5. The third-order valence-corrected chi connectivity index (χ3v) is 4.23. The van der Waals surface area contributed by atoms with Gasteiger partial charge in [0.05, 0.1) is 23.7 Å². The van der Waals surface area contributed by atoms with Crippen LogP contribution in [0.25, 0.3) is 11.0 Å². The van der Waals surface area contributed by atoms with Gasteiger partial charge in [0.2, 0.25) is 0 Å². The van der Waals surface area contributed by atoms with E-state index in [-0.39, 0.29) is 6.04 Å². The van der Waals surface area contributed by atoms with Crippen LogP contribution in [0, 0.1) is 0 Å². The Morgan fingerprint density at radius 2 is 1.83 bits per heavy atom. The summed E-state index contributed by atoms with van der Waals surface area (Å²) in [4.78, 5) is 4.81. The fraction of sp³-hybridized carbons (Fsp3) is 0.350. The Hall–Kier alpha value is -2.33. The summed E-state index contributed by atoms with van der Waals surface area (Å²) in [7, 11) is 0. The highest BCUT2D eigenvalue weighted by Gasteiger charge is 2.15. The van der Waals surface area contributed by atoms with E-state index in [9.17, 15) is 0 Å². The van der Waals surface area contributed by atoms with E-state index >= 15 is 0 Å². The SMILES string of the molecule is CCOc1ccc(CNC(C)c2nc3ccccc3n2CC)cc1. The molecule has 0 fully saturated rings.